The lowest BCUT2D eigenvalue weighted by Crippen LogP contribution is -2.34. The molecule has 0 fully saturated rings. The summed E-state index contributed by atoms with van der Waals surface area (Å²) >= 11 is 0. The van der Waals surface area contributed by atoms with Crippen molar-refractivity contribution in [2.45, 2.75) is 31.8 Å². The molecule has 4 nitrogen and oxygen atoms in total. The maximum Gasteiger partial charge on any atom is 0.303 e. The molecule has 1 aromatic heterocycles. The van der Waals surface area contributed by atoms with E-state index in [0.717, 1.165) is 25.1 Å². The molecule has 0 saturated carbocycles. The molecule has 1 unspecified atom stereocenters. The van der Waals surface area contributed by atoms with Crippen LogP contribution in [0.4, 0.5) is 0 Å². The number of nitrogens with zero attached hydrogens (tertiary/aromatic N) is 2. The summed E-state index contributed by atoms with van der Waals surface area (Å²) in [5, 5.41) is 8.77. The summed E-state index contributed by atoms with van der Waals surface area (Å²) in [6, 6.07) is 4.33. The molecule has 0 radical (unpaired) electrons. The zero-order valence-corrected chi connectivity index (χ0v) is 11.5. The van der Waals surface area contributed by atoms with Crippen LogP contribution in [0.15, 0.2) is 48.8 Å². The number of hydrogen-bond acceptors (Lipinski definition) is 3. The molecule has 0 aliphatic heterocycles. The van der Waals surface area contributed by atoms with Crippen molar-refractivity contribution in [3.05, 3.63) is 54.4 Å². The molecule has 0 aromatic carbocycles. The highest BCUT2D eigenvalue weighted by Crippen LogP contribution is 2.16. The van der Waals surface area contributed by atoms with Gasteiger partial charge in [0.15, 0.2) is 0 Å². The van der Waals surface area contributed by atoms with Gasteiger partial charge >= 0.3 is 5.97 Å². The third-order valence-corrected chi connectivity index (χ3v) is 3.37. The number of rotatable bonds is 7. The monoisotopic (exact) mass is 272 g/mol. The number of carboxylic acid groups (broad SMARTS) is 1. The van der Waals surface area contributed by atoms with Crippen LogP contribution in [0.25, 0.3) is 0 Å². The zero-order valence-electron chi connectivity index (χ0n) is 11.5. The highest BCUT2D eigenvalue weighted by molar-refractivity contribution is 5.66. The summed E-state index contributed by atoms with van der Waals surface area (Å²) in [5.41, 5.74) is 1.16. The van der Waals surface area contributed by atoms with Gasteiger partial charge in [-0.2, -0.15) is 0 Å². The van der Waals surface area contributed by atoms with Crippen LogP contribution in [-0.4, -0.2) is 33.5 Å². The fraction of sp³-hybridized carbons (Fsp3) is 0.375. The van der Waals surface area contributed by atoms with Crippen molar-refractivity contribution < 1.29 is 9.90 Å². The molecule has 1 N–H and O–H groups in total. The summed E-state index contributed by atoms with van der Waals surface area (Å²) in [5.74, 6) is -0.731. The Kier molecular flexibility index (Phi) is 5.50. The number of pyridine rings is 1. The van der Waals surface area contributed by atoms with Gasteiger partial charge in [0.05, 0.1) is 0 Å². The minimum Gasteiger partial charge on any atom is -0.481 e. The molecule has 0 saturated heterocycles. The van der Waals surface area contributed by atoms with Crippen LogP contribution in [0.1, 0.15) is 24.8 Å². The topological polar surface area (TPSA) is 53.4 Å². The summed E-state index contributed by atoms with van der Waals surface area (Å²) < 4.78 is 0. The van der Waals surface area contributed by atoms with E-state index in [4.69, 9.17) is 5.11 Å². The Morgan fingerprint density at radius 2 is 2.35 bits per heavy atom. The molecule has 0 amide bonds. The van der Waals surface area contributed by atoms with E-state index in [1.165, 1.54) is 0 Å². The predicted molar refractivity (Wildman–Crippen MR) is 78.2 cm³/mol. The van der Waals surface area contributed by atoms with Crippen molar-refractivity contribution in [2.75, 3.05) is 6.54 Å². The fourth-order valence-electron chi connectivity index (χ4n) is 2.36. The third kappa shape index (κ3) is 4.63. The van der Waals surface area contributed by atoms with E-state index in [1.54, 1.807) is 6.20 Å². The molecule has 1 aliphatic carbocycles. The maximum atomic E-state index is 10.7. The fourth-order valence-corrected chi connectivity index (χ4v) is 2.36. The minimum atomic E-state index is -0.731. The number of allylic oxidation sites excluding steroid dienone is 2. The smallest absolute Gasteiger partial charge is 0.303 e. The normalized spacial score (nSPS) is 17.6. The number of hydrogen-bond donors (Lipinski definition) is 1. The van der Waals surface area contributed by atoms with Crippen LogP contribution in [-0.2, 0) is 11.3 Å². The van der Waals surface area contributed by atoms with Gasteiger partial charge in [0.25, 0.3) is 0 Å². The van der Waals surface area contributed by atoms with Crippen LogP contribution < -0.4 is 0 Å². The summed E-state index contributed by atoms with van der Waals surface area (Å²) in [6.45, 7) is 1.58. The lowest BCUT2D eigenvalue weighted by atomic mass is 10.1. The Balaban J connectivity index is 1.97. The molecule has 20 heavy (non-hydrogen) atoms. The van der Waals surface area contributed by atoms with Crippen LogP contribution in [0.5, 0.6) is 0 Å². The van der Waals surface area contributed by atoms with Crippen molar-refractivity contribution in [1.82, 2.24) is 9.88 Å². The van der Waals surface area contributed by atoms with Crippen molar-refractivity contribution in [2.24, 2.45) is 0 Å². The van der Waals surface area contributed by atoms with E-state index in [1.807, 2.05) is 12.3 Å². The van der Waals surface area contributed by atoms with Gasteiger partial charge in [-0.25, -0.2) is 0 Å². The van der Waals surface area contributed by atoms with Crippen molar-refractivity contribution in [3.63, 3.8) is 0 Å². The van der Waals surface area contributed by atoms with E-state index in [9.17, 15) is 4.79 Å². The number of aliphatic carboxylic acids is 1. The second kappa shape index (κ2) is 7.60. The Labute approximate surface area is 119 Å². The Morgan fingerprint density at radius 1 is 1.45 bits per heavy atom. The van der Waals surface area contributed by atoms with Crippen LogP contribution in [0, 0.1) is 0 Å². The van der Waals surface area contributed by atoms with Crippen LogP contribution in [0.2, 0.25) is 0 Å². The average molecular weight is 272 g/mol. The molecular formula is C16H20N2O2. The SMILES string of the molecule is O=C(O)CCCN(Cc1cccnc1)C1C=CC=CC1. The minimum absolute atomic E-state index is 0.218. The Hall–Kier alpha value is -1.94. The molecule has 1 aromatic rings. The van der Waals surface area contributed by atoms with Gasteiger partial charge in [-0.3, -0.25) is 14.7 Å². The van der Waals surface area contributed by atoms with E-state index >= 15 is 0 Å². The molecule has 1 aliphatic rings. The standard InChI is InChI=1S/C16H20N2O2/c19-16(20)9-5-11-18(15-7-2-1-3-8-15)13-14-6-4-10-17-12-14/h1-4,6-7,10,12,15H,5,8-9,11,13H2,(H,19,20). The van der Waals surface area contributed by atoms with Crippen molar-refractivity contribution in [1.29, 1.82) is 0 Å². The first-order valence-corrected chi connectivity index (χ1v) is 6.94. The quantitative estimate of drug-likeness (QED) is 0.829. The lowest BCUT2D eigenvalue weighted by Gasteiger charge is -2.30. The highest BCUT2D eigenvalue weighted by Gasteiger charge is 2.16. The zero-order chi connectivity index (χ0) is 14.2. The molecule has 0 bridgehead atoms. The third-order valence-electron chi connectivity index (χ3n) is 3.37. The van der Waals surface area contributed by atoms with Gasteiger partial charge in [0.2, 0.25) is 0 Å². The van der Waals surface area contributed by atoms with E-state index < -0.39 is 5.97 Å². The first-order chi connectivity index (χ1) is 9.75. The average Bonchev–Trinajstić information content (AvgIpc) is 2.48. The molecule has 106 valence electrons. The molecular weight excluding hydrogens is 252 g/mol. The van der Waals surface area contributed by atoms with Crippen LogP contribution in [0.3, 0.4) is 0 Å². The van der Waals surface area contributed by atoms with Gasteiger partial charge < -0.3 is 5.11 Å². The van der Waals surface area contributed by atoms with E-state index in [-0.39, 0.29) is 6.42 Å². The molecule has 4 heteroatoms. The molecule has 0 spiro atoms. The largest absolute Gasteiger partial charge is 0.481 e. The number of carboxylic acids is 1. The Morgan fingerprint density at radius 3 is 3.00 bits per heavy atom. The predicted octanol–water partition coefficient (Wildman–Crippen LogP) is 2.63. The van der Waals surface area contributed by atoms with Gasteiger partial charge in [-0.15, -0.1) is 0 Å². The van der Waals surface area contributed by atoms with Gasteiger partial charge in [0, 0.05) is 31.4 Å². The van der Waals surface area contributed by atoms with Crippen molar-refractivity contribution >= 4 is 5.97 Å². The number of carbonyl (C=O) groups is 1. The van der Waals surface area contributed by atoms with Crippen LogP contribution >= 0.6 is 0 Å². The first-order valence-electron chi connectivity index (χ1n) is 6.94. The second-order valence-corrected chi connectivity index (χ2v) is 4.95. The molecule has 2 rings (SSSR count). The maximum absolute atomic E-state index is 10.7. The summed E-state index contributed by atoms with van der Waals surface area (Å²) in [7, 11) is 0. The lowest BCUT2D eigenvalue weighted by molar-refractivity contribution is -0.137. The van der Waals surface area contributed by atoms with Gasteiger partial charge in [-0.1, -0.05) is 30.4 Å². The summed E-state index contributed by atoms with van der Waals surface area (Å²) in [4.78, 5) is 17.1. The molecule has 1 heterocycles. The van der Waals surface area contributed by atoms with Gasteiger partial charge in [0.1, 0.15) is 0 Å². The Bertz CT molecular complexity index is 483. The van der Waals surface area contributed by atoms with E-state index in [0.29, 0.717) is 12.5 Å². The van der Waals surface area contributed by atoms with Crippen molar-refractivity contribution in [3.8, 4) is 0 Å². The number of aromatic nitrogens is 1. The highest BCUT2D eigenvalue weighted by atomic mass is 16.4. The van der Waals surface area contributed by atoms with Gasteiger partial charge in [-0.05, 0) is 31.0 Å². The second-order valence-electron chi connectivity index (χ2n) is 4.95. The molecule has 1 atom stereocenters. The first kappa shape index (κ1) is 14.5. The summed E-state index contributed by atoms with van der Waals surface area (Å²) in [6.07, 6.45) is 13.9. The van der Waals surface area contributed by atoms with E-state index in [2.05, 4.69) is 40.3 Å².